The molecule has 0 aromatic carbocycles. The molecule has 0 saturated heterocycles. The number of pyridine rings is 1. The third-order valence-electron chi connectivity index (χ3n) is 2.63. The molecular weight excluding hydrogens is 260 g/mol. The van der Waals surface area contributed by atoms with Crippen LogP contribution in [0.4, 0.5) is 5.82 Å². The molecule has 0 aliphatic rings. The Bertz CT molecular complexity index is 476. The van der Waals surface area contributed by atoms with Crippen LogP contribution in [0.15, 0.2) is 23.2 Å². The minimum atomic E-state index is -3.27. The van der Waals surface area contributed by atoms with E-state index in [1.807, 2.05) is 13.8 Å². The Labute approximate surface area is 107 Å². The fraction of sp³-hybridized carbons (Fsp3) is 0.545. The summed E-state index contributed by atoms with van der Waals surface area (Å²) in [6.45, 7) is 3.95. The Balaban J connectivity index is 3.00. The van der Waals surface area contributed by atoms with Gasteiger partial charge in [0, 0.05) is 24.4 Å². The number of anilines is 1. The molecule has 0 fully saturated rings. The first kappa shape index (κ1) is 14.3. The fourth-order valence-electron chi connectivity index (χ4n) is 1.29. The Hall–Kier alpha value is -0.810. The van der Waals surface area contributed by atoms with Crippen LogP contribution < -0.4 is 5.32 Å². The summed E-state index contributed by atoms with van der Waals surface area (Å²) in [5.74, 6) is 1.13. The highest BCUT2D eigenvalue weighted by atomic mass is 35.5. The molecule has 4 nitrogen and oxygen atoms in total. The first-order valence-electron chi connectivity index (χ1n) is 5.34. The van der Waals surface area contributed by atoms with Gasteiger partial charge in [0.25, 0.3) is 0 Å². The smallest absolute Gasteiger partial charge is 0.179 e. The Morgan fingerprint density at radius 3 is 2.65 bits per heavy atom. The van der Waals surface area contributed by atoms with E-state index in [0.717, 1.165) is 0 Å². The van der Waals surface area contributed by atoms with Crippen molar-refractivity contribution in [1.29, 1.82) is 0 Å². The normalized spacial score (nSPS) is 15.3. The van der Waals surface area contributed by atoms with Crippen molar-refractivity contribution in [1.82, 2.24) is 4.98 Å². The fourth-order valence-corrected chi connectivity index (χ4v) is 2.35. The predicted molar refractivity (Wildman–Crippen MR) is 70.3 cm³/mol. The number of rotatable bonds is 5. The third kappa shape index (κ3) is 3.85. The molecule has 0 radical (unpaired) electrons. The minimum absolute atomic E-state index is 0.0582. The standard InChI is InChI=1S/C11H17ClN2O2S/c1-8(7-12)9(2)14-11-10(17(3,15)16)5-4-6-13-11/h4-6,8-9H,7H2,1-3H3,(H,13,14). The number of halogens is 1. The van der Waals surface area contributed by atoms with Crippen LogP contribution in [0.3, 0.4) is 0 Å². The maximum atomic E-state index is 11.6. The van der Waals surface area contributed by atoms with E-state index in [9.17, 15) is 8.42 Å². The second kappa shape index (κ2) is 5.69. The molecule has 0 saturated carbocycles. The van der Waals surface area contributed by atoms with Crippen LogP contribution in [-0.2, 0) is 9.84 Å². The van der Waals surface area contributed by atoms with Gasteiger partial charge in [0.05, 0.1) is 0 Å². The number of hydrogen-bond donors (Lipinski definition) is 1. The Kier molecular flexibility index (Phi) is 4.77. The van der Waals surface area contributed by atoms with Crippen molar-refractivity contribution in [2.24, 2.45) is 5.92 Å². The lowest BCUT2D eigenvalue weighted by molar-refractivity contribution is 0.562. The van der Waals surface area contributed by atoms with Crippen LogP contribution in [0.5, 0.6) is 0 Å². The van der Waals surface area contributed by atoms with Gasteiger partial charge in [-0.15, -0.1) is 11.6 Å². The van der Waals surface area contributed by atoms with Gasteiger partial charge in [0.15, 0.2) is 9.84 Å². The van der Waals surface area contributed by atoms with Crippen LogP contribution in [0.25, 0.3) is 0 Å². The van der Waals surface area contributed by atoms with Gasteiger partial charge in [-0.05, 0) is 25.0 Å². The molecule has 96 valence electrons. The van der Waals surface area contributed by atoms with Gasteiger partial charge in [-0.1, -0.05) is 6.92 Å². The van der Waals surface area contributed by atoms with E-state index in [1.54, 1.807) is 18.3 Å². The van der Waals surface area contributed by atoms with Crippen LogP contribution in [-0.4, -0.2) is 31.6 Å². The molecule has 1 aromatic rings. The number of sulfone groups is 1. The lowest BCUT2D eigenvalue weighted by Gasteiger charge is -2.20. The molecule has 0 aliphatic heterocycles. The highest BCUT2D eigenvalue weighted by Gasteiger charge is 2.17. The van der Waals surface area contributed by atoms with Crippen LogP contribution in [0.2, 0.25) is 0 Å². The van der Waals surface area contributed by atoms with Gasteiger partial charge in [-0.2, -0.15) is 0 Å². The molecule has 0 amide bonds. The average Bonchev–Trinajstić information content (AvgIpc) is 2.27. The maximum Gasteiger partial charge on any atom is 0.179 e. The third-order valence-corrected chi connectivity index (χ3v) is 4.25. The summed E-state index contributed by atoms with van der Waals surface area (Å²) in [4.78, 5) is 4.28. The van der Waals surface area contributed by atoms with E-state index in [-0.39, 0.29) is 16.9 Å². The molecule has 17 heavy (non-hydrogen) atoms. The van der Waals surface area contributed by atoms with Crippen molar-refractivity contribution in [3.8, 4) is 0 Å². The molecule has 6 heteroatoms. The monoisotopic (exact) mass is 276 g/mol. The number of aromatic nitrogens is 1. The van der Waals surface area contributed by atoms with Crippen molar-refractivity contribution in [2.75, 3.05) is 17.5 Å². The summed E-state index contributed by atoms with van der Waals surface area (Å²) in [5.41, 5.74) is 0. The van der Waals surface area contributed by atoms with E-state index in [2.05, 4.69) is 10.3 Å². The maximum absolute atomic E-state index is 11.6. The summed E-state index contributed by atoms with van der Waals surface area (Å²) < 4.78 is 23.1. The van der Waals surface area contributed by atoms with Crippen molar-refractivity contribution in [3.05, 3.63) is 18.3 Å². The van der Waals surface area contributed by atoms with Gasteiger partial charge < -0.3 is 5.32 Å². The van der Waals surface area contributed by atoms with Crippen LogP contribution >= 0.6 is 11.6 Å². The second-order valence-electron chi connectivity index (χ2n) is 4.19. The molecule has 2 atom stereocenters. The average molecular weight is 277 g/mol. The van der Waals surface area contributed by atoms with E-state index < -0.39 is 9.84 Å². The second-order valence-corrected chi connectivity index (χ2v) is 6.48. The predicted octanol–water partition coefficient (Wildman–Crippen LogP) is 2.16. The molecule has 0 spiro atoms. The zero-order valence-electron chi connectivity index (χ0n) is 10.1. The molecule has 0 aliphatic carbocycles. The summed E-state index contributed by atoms with van der Waals surface area (Å²) in [5, 5.41) is 3.09. The quantitative estimate of drug-likeness (QED) is 0.838. The van der Waals surface area contributed by atoms with Crippen molar-refractivity contribution in [2.45, 2.75) is 24.8 Å². The van der Waals surface area contributed by atoms with Crippen LogP contribution in [0.1, 0.15) is 13.8 Å². The Morgan fingerprint density at radius 2 is 2.12 bits per heavy atom. The summed E-state index contributed by atoms with van der Waals surface area (Å²) in [6, 6.07) is 3.21. The van der Waals surface area contributed by atoms with Gasteiger partial charge in [-0.25, -0.2) is 13.4 Å². The van der Waals surface area contributed by atoms with E-state index >= 15 is 0 Å². The number of alkyl halides is 1. The van der Waals surface area contributed by atoms with Crippen LogP contribution in [0, 0.1) is 5.92 Å². The topological polar surface area (TPSA) is 59.1 Å². The molecule has 1 heterocycles. The summed E-state index contributed by atoms with van der Waals surface area (Å²) in [6.07, 6.45) is 2.74. The SMILES string of the molecule is CC(CCl)C(C)Nc1ncccc1S(C)(=O)=O. The molecule has 0 bridgehead atoms. The minimum Gasteiger partial charge on any atom is -0.366 e. The Morgan fingerprint density at radius 1 is 1.47 bits per heavy atom. The van der Waals surface area contributed by atoms with Gasteiger partial charge in [0.1, 0.15) is 10.7 Å². The summed E-state index contributed by atoms with van der Waals surface area (Å²) >= 11 is 5.76. The molecular formula is C11H17ClN2O2S. The van der Waals surface area contributed by atoms with Crippen molar-refractivity contribution in [3.63, 3.8) is 0 Å². The largest absolute Gasteiger partial charge is 0.366 e. The highest BCUT2D eigenvalue weighted by Crippen LogP contribution is 2.20. The first-order valence-corrected chi connectivity index (χ1v) is 7.76. The zero-order chi connectivity index (χ0) is 13.1. The number of hydrogen-bond acceptors (Lipinski definition) is 4. The highest BCUT2D eigenvalue weighted by molar-refractivity contribution is 7.90. The molecule has 1 rings (SSSR count). The van der Waals surface area contributed by atoms with Gasteiger partial charge in [0.2, 0.25) is 0 Å². The zero-order valence-corrected chi connectivity index (χ0v) is 11.7. The lowest BCUT2D eigenvalue weighted by atomic mass is 10.1. The number of nitrogens with zero attached hydrogens (tertiary/aromatic N) is 1. The lowest BCUT2D eigenvalue weighted by Crippen LogP contribution is -2.26. The number of nitrogens with one attached hydrogen (secondary N) is 1. The van der Waals surface area contributed by atoms with Gasteiger partial charge in [-0.3, -0.25) is 0 Å². The molecule has 1 N–H and O–H groups in total. The molecule has 1 aromatic heterocycles. The van der Waals surface area contributed by atoms with E-state index in [1.165, 1.54) is 6.26 Å². The van der Waals surface area contributed by atoms with Crippen molar-refractivity contribution >= 4 is 27.3 Å². The van der Waals surface area contributed by atoms with Crippen molar-refractivity contribution < 1.29 is 8.42 Å². The first-order chi connectivity index (χ1) is 7.86. The summed E-state index contributed by atoms with van der Waals surface area (Å²) in [7, 11) is -3.27. The van der Waals surface area contributed by atoms with E-state index in [0.29, 0.717) is 11.7 Å². The molecule has 2 unspecified atom stereocenters. The van der Waals surface area contributed by atoms with Gasteiger partial charge >= 0.3 is 0 Å². The van der Waals surface area contributed by atoms with E-state index in [4.69, 9.17) is 11.6 Å².